The molecule has 10 heteroatoms. The molecule has 3 aliphatic heterocycles. The average molecular weight is 477 g/mol. The summed E-state index contributed by atoms with van der Waals surface area (Å²) in [5.41, 5.74) is 0.944. The number of amides is 2. The van der Waals surface area contributed by atoms with E-state index in [0.29, 0.717) is 37.0 Å². The molecule has 35 heavy (non-hydrogen) atoms. The maximum Gasteiger partial charge on any atom is 0.244 e. The Morgan fingerprint density at radius 3 is 2.54 bits per heavy atom. The van der Waals surface area contributed by atoms with Crippen molar-refractivity contribution in [2.24, 2.45) is 5.41 Å². The molecule has 1 aliphatic carbocycles. The number of pyridine rings is 1. The van der Waals surface area contributed by atoms with E-state index in [1.807, 2.05) is 17.2 Å². The van der Waals surface area contributed by atoms with Crippen molar-refractivity contribution in [1.82, 2.24) is 25.2 Å². The first-order valence-corrected chi connectivity index (χ1v) is 12.7. The van der Waals surface area contributed by atoms with Gasteiger partial charge in [-0.1, -0.05) is 12.8 Å². The van der Waals surface area contributed by atoms with Crippen molar-refractivity contribution >= 4 is 35.1 Å². The van der Waals surface area contributed by atoms with E-state index >= 15 is 0 Å². The van der Waals surface area contributed by atoms with Crippen LogP contribution in [0.5, 0.6) is 0 Å². The molecule has 2 aromatic rings. The lowest BCUT2D eigenvalue weighted by molar-refractivity contribution is -0.140. The number of carbonyl (C=O) groups is 2. The lowest BCUT2D eigenvalue weighted by Gasteiger charge is -2.40. The first-order valence-electron chi connectivity index (χ1n) is 12.7. The Hall–Kier alpha value is -3.27. The number of likely N-dealkylation sites (N-methyl/N-ethyl adjacent to an activating group) is 1. The van der Waals surface area contributed by atoms with Crippen LogP contribution in [0.3, 0.4) is 0 Å². The minimum Gasteiger partial charge on any atom is -0.368 e. The number of rotatable bonds is 4. The molecule has 2 N–H and O–H groups in total. The molecule has 0 radical (unpaired) electrons. The Kier molecular flexibility index (Phi) is 5.55. The molecule has 184 valence electrons. The lowest BCUT2D eigenvalue weighted by atomic mass is 9.76. The van der Waals surface area contributed by atoms with Gasteiger partial charge in [-0.05, 0) is 38.4 Å². The van der Waals surface area contributed by atoms with Crippen LogP contribution in [-0.4, -0.2) is 77.5 Å². The molecule has 10 nitrogen and oxygen atoms in total. The zero-order valence-corrected chi connectivity index (χ0v) is 20.2. The van der Waals surface area contributed by atoms with Gasteiger partial charge in [0.15, 0.2) is 0 Å². The lowest BCUT2D eigenvalue weighted by Crippen LogP contribution is -2.56. The Morgan fingerprint density at radius 2 is 1.86 bits per heavy atom. The van der Waals surface area contributed by atoms with Gasteiger partial charge in [0.25, 0.3) is 0 Å². The van der Waals surface area contributed by atoms with E-state index in [4.69, 9.17) is 4.98 Å². The third-order valence-electron chi connectivity index (χ3n) is 8.01. The number of nitrogens with zero attached hydrogens (tertiary/aromatic N) is 6. The zero-order valence-electron chi connectivity index (χ0n) is 20.2. The average Bonchev–Trinajstić information content (AvgIpc) is 3.52. The second kappa shape index (κ2) is 8.75. The topological polar surface area (TPSA) is 107 Å². The summed E-state index contributed by atoms with van der Waals surface area (Å²) in [6.45, 7) is 4.60. The highest BCUT2D eigenvalue weighted by atomic mass is 16.2. The van der Waals surface area contributed by atoms with E-state index in [0.717, 1.165) is 63.1 Å². The quantitative estimate of drug-likeness (QED) is 0.643. The molecule has 5 heterocycles. The highest BCUT2D eigenvalue weighted by Crippen LogP contribution is 2.44. The van der Waals surface area contributed by atoms with E-state index in [1.165, 1.54) is 0 Å². The molecule has 2 aromatic heterocycles. The van der Waals surface area contributed by atoms with E-state index in [-0.39, 0.29) is 17.9 Å². The van der Waals surface area contributed by atoms with Crippen molar-refractivity contribution < 1.29 is 9.59 Å². The molecular weight excluding hydrogens is 444 g/mol. The highest BCUT2D eigenvalue weighted by molar-refractivity contribution is 6.14. The highest BCUT2D eigenvalue weighted by Gasteiger charge is 2.56. The number of nitrogens with one attached hydrogen (secondary N) is 2. The van der Waals surface area contributed by atoms with Crippen molar-refractivity contribution in [3.8, 4) is 0 Å². The van der Waals surface area contributed by atoms with Gasteiger partial charge in [-0.25, -0.2) is 9.97 Å². The molecule has 1 spiro atoms. The van der Waals surface area contributed by atoms with Gasteiger partial charge in [-0.15, -0.1) is 0 Å². The fourth-order valence-corrected chi connectivity index (χ4v) is 5.89. The second-order valence-electron chi connectivity index (χ2n) is 10.2. The summed E-state index contributed by atoms with van der Waals surface area (Å²) in [6.07, 6.45) is 8.57. The molecule has 1 saturated carbocycles. The van der Waals surface area contributed by atoms with Crippen LogP contribution >= 0.6 is 0 Å². The number of piperazine rings is 1. The maximum atomic E-state index is 13.8. The summed E-state index contributed by atoms with van der Waals surface area (Å²) >= 11 is 0. The van der Waals surface area contributed by atoms with Gasteiger partial charge < -0.3 is 20.4 Å². The van der Waals surface area contributed by atoms with Crippen molar-refractivity contribution in [3.05, 3.63) is 30.1 Å². The summed E-state index contributed by atoms with van der Waals surface area (Å²) in [6, 6.07) is 4.08. The van der Waals surface area contributed by atoms with Crippen molar-refractivity contribution in [3.63, 3.8) is 0 Å². The largest absolute Gasteiger partial charge is 0.368 e. The summed E-state index contributed by atoms with van der Waals surface area (Å²) in [4.78, 5) is 46.9. The number of fused-ring (bicyclic) bond motifs is 1. The van der Waals surface area contributed by atoms with Gasteiger partial charge in [0.2, 0.25) is 17.8 Å². The third kappa shape index (κ3) is 3.89. The summed E-state index contributed by atoms with van der Waals surface area (Å²) in [7, 11) is 2.14. The molecule has 0 bridgehead atoms. The van der Waals surface area contributed by atoms with Gasteiger partial charge in [0.1, 0.15) is 17.1 Å². The maximum absolute atomic E-state index is 13.8. The van der Waals surface area contributed by atoms with Crippen LogP contribution in [0.25, 0.3) is 0 Å². The van der Waals surface area contributed by atoms with Crippen LogP contribution in [-0.2, 0) is 16.0 Å². The fourth-order valence-electron chi connectivity index (χ4n) is 5.89. The Bertz CT molecular complexity index is 1120. The summed E-state index contributed by atoms with van der Waals surface area (Å²) < 4.78 is 0. The minimum absolute atomic E-state index is 0.0792. The van der Waals surface area contributed by atoms with Crippen molar-refractivity contribution in [1.29, 1.82) is 0 Å². The van der Waals surface area contributed by atoms with Crippen LogP contribution in [0.2, 0.25) is 0 Å². The molecule has 2 amide bonds. The molecule has 3 fully saturated rings. The number of hydrogen-bond acceptors (Lipinski definition) is 8. The smallest absolute Gasteiger partial charge is 0.244 e. The molecule has 1 unspecified atom stereocenters. The van der Waals surface area contributed by atoms with Crippen molar-refractivity contribution in [2.45, 2.75) is 44.6 Å². The Labute approximate surface area is 205 Å². The van der Waals surface area contributed by atoms with E-state index in [2.05, 4.69) is 43.5 Å². The van der Waals surface area contributed by atoms with Crippen LogP contribution in [0.1, 0.15) is 37.7 Å². The van der Waals surface area contributed by atoms with Crippen LogP contribution < -0.4 is 20.4 Å². The summed E-state index contributed by atoms with van der Waals surface area (Å²) in [5.74, 6) is 1.43. The monoisotopic (exact) mass is 476 g/mol. The van der Waals surface area contributed by atoms with Gasteiger partial charge >= 0.3 is 0 Å². The molecule has 1 atom stereocenters. The summed E-state index contributed by atoms with van der Waals surface area (Å²) in [5, 5.41) is 6.08. The number of carbonyl (C=O) groups excluding carboxylic acids is 2. The van der Waals surface area contributed by atoms with Crippen LogP contribution in [0.4, 0.5) is 23.3 Å². The molecule has 0 aromatic carbocycles. The predicted molar refractivity (Wildman–Crippen MR) is 133 cm³/mol. The van der Waals surface area contributed by atoms with Crippen LogP contribution in [0, 0.1) is 5.41 Å². The SMILES string of the molecule is CN1CCN(c2ccc(Nc3ncc4c(n3)N(C3CCCC3)C(=O)C3(CCNC3=O)C4)nc2)CC1. The first kappa shape index (κ1) is 22.2. The van der Waals surface area contributed by atoms with E-state index in [1.54, 1.807) is 6.20 Å². The number of aromatic nitrogens is 3. The molecular formula is C25H32N8O2. The Balaban J connectivity index is 1.26. The molecule has 6 rings (SSSR count). The third-order valence-corrected chi connectivity index (χ3v) is 8.01. The first-order chi connectivity index (χ1) is 17.0. The van der Waals surface area contributed by atoms with Crippen molar-refractivity contribution in [2.75, 3.05) is 54.9 Å². The number of anilines is 4. The van der Waals surface area contributed by atoms with Gasteiger partial charge in [0.05, 0.1) is 11.9 Å². The van der Waals surface area contributed by atoms with Gasteiger partial charge in [-0.2, -0.15) is 4.98 Å². The standard InChI is InChI=1S/C25H32N8O2/c1-31-10-12-32(13-11-31)19-6-7-20(27-16-19)29-24-28-15-17-14-25(8-9-26-22(25)34)23(35)33(21(17)30-24)18-4-2-3-5-18/h6-7,15-16,18H,2-5,8-14H2,1H3,(H,26,34)(H,27,28,29,30). The van der Waals surface area contributed by atoms with Gasteiger partial charge in [0, 0.05) is 56.9 Å². The zero-order chi connectivity index (χ0) is 24.0. The Morgan fingerprint density at radius 1 is 1.06 bits per heavy atom. The number of hydrogen-bond donors (Lipinski definition) is 2. The minimum atomic E-state index is -1.02. The van der Waals surface area contributed by atoms with E-state index < -0.39 is 5.41 Å². The fraction of sp³-hybridized carbons (Fsp3) is 0.560. The molecule has 2 saturated heterocycles. The van der Waals surface area contributed by atoms with Crippen LogP contribution in [0.15, 0.2) is 24.5 Å². The van der Waals surface area contributed by atoms with E-state index in [9.17, 15) is 9.59 Å². The predicted octanol–water partition coefficient (Wildman–Crippen LogP) is 1.71. The second-order valence-corrected chi connectivity index (χ2v) is 10.2. The van der Waals surface area contributed by atoms with Gasteiger partial charge in [-0.3, -0.25) is 14.5 Å². The molecule has 4 aliphatic rings. The normalized spacial score (nSPS) is 25.3.